The van der Waals surface area contributed by atoms with Crippen LogP contribution in [0.3, 0.4) is 0 Å². The zero-order chi connectivity index (χ0) is 18.2. The summed E-state index contributed by atoms with van der Waals surface area (Å²) >= 11 is 0. The average Bonchev–Trinajstić information content (AvgIpc) is 2.69. The van der Waals surface area contributed by atoms with E-state index in [-0.39, 0.29) is 5.91 Å². The molecule has 0 saturated heterocycles. The van der Waals surface area contributed by atoms with E-state index in [0.717, 1.165) is 35.7 Å². The van der Waals surface area contributed by atoms with Gasteiger partial charge in [0, 0.05) is 13.0 Å². The van der Waals surface area contributed by atoms with Crippen molar-refractivity contribution in [2.24, 2.45) is 0 Å². The Morgan fingerprint density at radius 2 is 1.85 bits per heavy atom. The lowest BCUT2D eigenvalue weighted by Gasteiger charge is -2.18. The molecule has 0 radical (unpaired) electrons. The molecule has 2 aromatic carbocycles. The van der Waals surface area contributed by atoms with Crippen LogP contribution in [0.5, 0.6) is 17.2 Å². The summed E-state index contributed by atoms with van der Waals surface area (Å²) in [5.41, 5.74) is 2.30. The zero-order valence-electron chi connectivity index (χ0n) is 15.1. The molecule has 3 rings (SSSR count). The van der Waals surface area contributed by atoms with E-state index >= 15 is 0 Å². The van der Waals surface area contributed by atoms with Gasteiger partial charge in [0.05, 0.1) is 7.11 Å². The zero-order valence-corrected chi connectivity index (χ0v) is 15.1. The maximum Gasteiger partial charge on any atom is 0.220 e. The monoisotopic (exact) mass is 355 g/mol. The molecule has 2 aromatic rings. The third-order valence-electron chi connectivity index (χ3n) is 4.35. The molecular formula is C21H25NO4. The summed E-state index contributed by atoms with van der Waals surface area (Å²) in [5, 5.41) is 2.99. The fourth-order valence-electron chi connectivity index (χ4n) is 2.94. The summed E-state index contributed by atoms with van der Waals surface area (Å²) in [4.78, 5) is 12.0. The number of aryl methyl sites for hydroxylation is 2. The minimum Gasteiger partial charge on any atom is -0.497 e. The molecule has 0 bridgehead atoms. The molecule has 1 amide bonds. The van der Waals surface area contributed by atoms with Gasteiger partial charge in [0.1, 0.15) is 19.0 Å². The third-order valence-corrected chi connectivity index (χ3v) is 4.35. The van der Waals surface area contributed by atoms with Crippen molar-refractivity contribution < 1.29 is 19.0 Å². The molecular weight excluding hydrogens is 330 g/mol. The predicted molar refractivity (Wildman–Crippen MR) is 100 cm³/mol. The van der Waals surface area contributed by atoms with Gasteiger partial charge in [0.15, 0.2) is 11.5 Å². The normalized spacial score (nSPS) is 12.5. The van der Waals surface area contributed by atoms with Crippen molar-refractivity contribution in [2.45, 2.75) is 25.7 Å². The first kappa shape index (κ1) is 18.1. The van der Waals surface area contributed by atoms with Gasteiger partial charge >= 0.3 is 0 Å². The Morgan fingerprint density at radius 1 is 1.04 bits per heavy atom. The molecule has 0 aliphatic carbocycles. The Bertz CT molecular complexity index is 745. The minimum atomic E-state index is 0.0746. The molecule has 5 heteroatoms. The quantitative estimate of drug-likeness (QED) is 0.739. The molecule has 5 nitrogen and oxygen atoms in total. The first-order valence-corrected chi connectivity index (χ1v) is 9.03. The highest BCUT2D eigenvalue weighted by Gasteiger charge is 2.12. The van der Waals surface area contributed by atoms with E-state index in [1.165, 1.54) is 5.56 Å². The number of hydrogen-bond acceptors (Lipinski definition) is 4. The van der Waals surface area contributed by atoms with Crippen molar-refractivity contribution in [1.82, 2.24) is 5.32 Å². The van der Waals surface area contributed by atoms with Crippen LogP contribution in [-0.4, -0.2) is 32.8 Å². The van der Waals surface area contributed by atoms with Crippen molar-refractivity contribution in [1.29, 1.82) is 0 Å². The number of methoxy groups -OCH3 is 1. The van der Waals surface area contributed by atoms with Crippen LogP contribution in [-0.2, 0) is 17.6 Å². The summed E-state index contributed by atoms with van der Waals surface area (Å²) in [7, 11) is 1.67. The fraction of sp³-hybridized carbons (Fsp3) is 0.381. The Morgan fingerprint density at radius 3 is 2.69 bits per heavy atom. The van der Waals surface area contributed by atoms with E-state index in [1.807, 2.05) is 36.4 Å². The van der Waals surface area contributed by atoms with E-state index < -0.39 is 0 Å². The largest absolute Gasteiger partial charge is 0.497 e. The Labute approximate surface area is 154 Å². The lowest BCUT2D eigenvalue weighted by atomic mass is 10.1. The number of rotatable bonds is 8. The Kier molecular flexibility index (Phi) is 6.36. The van der Waals surface area contributed by atoms with Gasteiger partial charge in [0.25, 0.3) is 0 Å². The average molecular weight is 355 g/mol. The van der Waals surface area contributed by atoms with E-state index in [2.05, 4.69) is 11.4 Å². The van der Waals surface area contributed by atoms with Gasteiger partial charge in [-0.05, 0) is 54.7 Å². The van der Waals surface area contributed by atoms with Crippen molar-refractivity contribution in [3.05, 3.63) is 53.6 Å². The molecule has 1 aliphatic rings. The van der Waals surface area contributed by atoms with Crippen LogP contribution in [0.25, 0.3) is 0 Å². The summed E-state index contributed by atoms with van der Waals surface area (Å²) in [6.45, 7) is 1.84. The molecule has 0 saturated carbocycles. The summed E-state index contributed by atoms with van der Waals surface area (Å²) in [6.07, 6.45) is 2.99. The topological polar surface area (TPSA) is 56.8 Å². The maximum atomic E-state index is 12.0. The van der Waals surface area contributed by atoms with E-state index in [9.17, 15) is 4.79 Å². The fourth-order valence-corrected chi connectivity index (χ4v) is 2.94. The number of fused-ring (bicyclic) bond motifs is 1. The first-order valence-electron chi connectivity index (χ1n) is 9.03. The van der Waals surface area contributed by atoms with Crippen LogP contribution >= 0.6 is 0 Å². The van der Waals surface area contributed by atoms with Crippen LogP contribution in [0, 0.1) is 0 Å². The van der Waals surface area contributed by atoms with Crippen LogP contribution in [0.4, 0.5) is 0 Å². The molecule has 0 unspecified atom stereocenters. The van der Waals surface area contributed by atoms with Crippen molar-refractivity contribution >= 4 is 5.91 Å². The second-order valence-electron chi connectivity index (χ2n) is 6.28. The SMILES string of the molecule is COc1cccc(CCCNC(=O)CCc2ccc3c(c2)OCCO3)c1. The predicted octanol–water partition coefficient (Wildman–Crippen LogP) is 3.15. The van der Waals surface area contributed by atoms with Gasteiger partial charge in [0.2, 0.25) is 5.91 Å². The van der Waals surface area contributed by atoms with Crippen LogP contribution < -0.4 is 19.5 Å². The van der Waals surface area contributed by atoms with E-state index in [4.69, 9.17) is 14.2 Å². The number of nitrogens with one attached hydrogen (secondary N) is 1. The molecule has 26 heavy (non-hydrogen) atoms. The summed E-state index contributed by atoms with van der Waals surface area (Å²) < 4.78 is 16.3. The van der Waals surface area contributed by atoms with E-state index in [1.54, 1.807) is 7.11 Å². The molecule has 1 aliphatic heterocycles. The van der Waals surface area contributed by atoms with Gasteiger partial charge in [-0.1, -0.05) is 18.2 Å². The molecule has 0 fully saturated rings. The van der Waals surface area contributed by atoms with Crippen LogP contribution in [0.15, 0.2) is 42.5 Å². The van der Waals surface area contributed by atoms with Crippen molar-refractivity contribution in [2.75, 3.05) is 26.9 Å². The first-order chi connectivity index (χ1) is 12.7. The lowest BCUT2D eigenvalue weighted by Crippen LogP contribution is -2.25. The number of ether oxygens (including phenoxy) is 3. The highest BCUT2D eigenvalue weighted by atomic mass is 16.6. The highest BCUT2D eigenvalue weighted by molar-refractivity contribution is 5.76. The Balaban J connectivity index is 1.36. The molecule has 0 aromatic heterocycles. The van der Waals surface area contributed by atoms with Gasteiger partial charge in [-0.25, -0.2) is 0 Å². The second kappa shape index (κ2) is 9.13. The van der Waals surface area contributed by atoms with Gasteiger partial charge in [-0.15, -0.1) is 0 Å². The highest BCUT2D eigenvalue weighted by Crippen LogP contribution is 2.31. The smallest absolute Gasteiger partial charge is 0.220 e. The third kappa shape index (κ3) is 5.15. The number of benzene rings is 2. The second-order valence-corrected chi connectivity index (χ2v) is 6.28. The number of amides is 1. The molecule has 0 spiro atoms. The van der Waals surface area contributed by atoms with Crippen molar-refractivity contribution in [3.8, 4) is 17.2 Å². The molecule has 0 atom stereocenters. The van der Waals surface area contributed by atoms with E-state index in [0.29, 0.717) is 32.6 Å². The number of hydrogen-bond donors (Lipinski definition) is 1. The standard InChI is InChI=1S/C21H25NO4/c1-24-18-6-2-4-16(14-18)5-3-11-22-21(23)10-8-17-7-9-19-20(15-17)26-13-12-25-19/h2,4,6-7,9,14-15H,3,5,8,10-13H2,1H3,(H,22,23). The molecule has 1 N–H and O–H groups in total. The minimum absolute atomic E-state index is 0.0746. The molecule has 1 heterocycles. The number of carbonyl (C=O) groups excluding carboxylic acids is 1. The maximum absolute atomic E-state index is 12.0. The van der Waals surface area contributed by atoms with Gasteiger partial charge in [-0.2, -0.15) is 0 Å². The number of carbonyl (C=O) groups is 1. The van der Waals surface area contributed by atoms with Crippen LogP contribution in [0.1, 0.15) is 24.0 Å². The van der Waals surface area contributed by atoms with Crippen molar-refractivity contribution in [3.63, 3.8) is 0 Å². The summed E-state index contributed by atoms with van der Waals surface area (Å²) in [6, 6.07) is 13.9. The Hall–Kier alpha value is -2.69. The summed E-state index contributed by atoms with van der Waals surface area (Å²) in [5.74, 6) is 2.49. The van der Waals surface area contributed by atoms with Gasteiger partial charge < -0.3 is 19.5 Å². The molecule has 138 valence electrons. The van der Waals surface area contributed by atoms with Gasteiger partial charge in [-0.3, -0.25) is 4.79 Å². The van der Waals surface area contributed by atoms with Crippen LogP contribution in [0.2, 0.25) is 0 Å². The lowest BCUT2D eigenvalue weighted by molar-refractivity contribution is -0.121.